The minimum Gasteiger partial charge on any atom is -0.492 e. The van der Waals surface area contributed by atoms with E-state index in [-0.39, 0.29) is 11.5 Å². The van der Waals surface area contributed by atoms with Crippen molar-refractivity contribution in [1.82, 2.24) is 0 Å². The van der Waals surface area contributed by atoms with Crippen LogP contribution < -0.4 is 10.6 Å². The number of methoxy groups -OCH3 is 1. The van der Waals surface area contributed by atoms with Crippen molar-refractivity contribution in [2.45, 2.75) is 39.7 Å². The molecule has 6 heteroatoms. The van der Waals surface area contributed by atoms with Gasteiger partial charge < -0.3 is 15.3 Å². The van der Waals surface area contributed by atoms with Gasteiger partial charge in [-0.05, 0) is 29.5 Å². The highest BCUT2D eigenvalue weighted by Gasteiger charge is 2.25. The fourth-order valence-electron chi connectivity index (χ4n) is 1.99. The molecule has 5 nitrogen and oxygen atoms in total. The molecule has 1 atom stereocenters. The Morgan fingerprint density at radius 1 is 1.27 bits per heavy atom. The van der Waals surface area contributed by atoms with Gasteiger partial charge in [-0.1, -0.05) is 43.7 Å². The summed E-state index contributed by atoms with van der Waals surface area (Å²) in [4.78, 5) is 0. The number of hydrogen-bond donors (Lipinski definition) is 1. The molecule has 0 bridgehead atoms. The number of ether oxygens (including phenoxy) is 2. The molecule has 2 N–H and O–H groups in total. The third-order valence-corrected chi connectivity index (χ3v) is 3.69. The molecule has 0 saturated carbocycles. The SMILES string of the molecule is COCCCOc1cc(CC(N=NN)C(C)(C)C)ccc1Cl. The minimum absolute atomic E-state index is 0.0000157. The first-order valence-corrected chi connectivity index (χ1v) is 7.76. The normalized spacial score (nSPS) is 13.5. The van der Waals surface area contributed by atoms with Gasteiger partial charge in [-0.15, -0.1) is 0 Å². The Labute approximate surface area is 137 Å². The van der Waals surface area contributed by atoms with E-state index in [2.05, 4.69) is 31.1 Å². The summed E-state index contributed by atoms with van der Waals surface area (Å²) in [5, 5.41) is 8.21. The Morgan fingerprint density at radius 2 is 2.00 bits per heavy atom. The molecule has 1 aromatic carbocycles. The second kappa shape index (κ2) is 8.96. The van der Waals surface area contributed by atoms with Gasteiger partial charge in [0.15, 0.2) is 0 Å². The standard InChI is InChI=1S/C16H26ClN3O2/c1-16(2,3)15(19-20-18)11-12-6-7-13(17)14(10-12)22-9-5-8-21-4/h6-7,10,15H,5,8-9,11H2,1-4H3,(H2,18,19). The molecule has 0 saturated heterocycles. The first-order chi connectivity index (χ1) is 10.4. The topological polar surface area (TPSA) is 69.2 Å². The molecule has 1 unspecified atom stereocenters. The number of nitrogens with two attached hydrogens (primary N) is 1. The molecule has 0 heterocycles. The van der Waals surface area contributed by atoms with Gasteiger partial charge >= 0.3 is 0 Å². The molecular formula is C16H26ClN3O2. The van der Waals surface area contributed by atoms with Gasteiger partial charge in [-0.2, -0.15) is 5.11 Å². The highest BCUT2D eigenvalue weighted by Crippen LogP contribution is 2.30. The molecular weight excluding hydrogens is 302 g/mol. The van der Waals surface area contributed by atoms with Gasteiger partial charge in [-0.3, -0.25) is 0 Å². The maximum Gasteiger partial charge on any atom is 0.138 e. The predicted octanol–water partition coefficient (Wildman–Crippen LogP) is 4.04. The van der Waals surface area contributed by atoms with Crippen molar-refractivity contribution >= 4 is 11.6 Å². The van der Waals surface area contributed by atoms with E-state index in [1.807, 2.05) is 18.2 Å². The van der Waals surface area contributed by atoms with Gasteiger partial charge in [0.25, 0.3) is 0 Å². The zero-order valence-electron chi connectivity index (χ0n) is 13.8. The van der Waals surface area contributed by atoms with E-state index in [4.69, 9.17) is 26.9 Å². The van der Waals surface area contributed by atoms with Crippen molar-refractivity contribution in [1.29, 1.82) is 0 Å². The molecule has 1 aromatic rings. The molecule has 0 aromatic heterocycles. The largest absolute Gasteiger partial charge is 0.492 e. The van der Waals surface area contributed by atoms with E-state index >= 15 is 0 Å². The van der Waals surface area contributed by atoms with Crippen molar-refractivity contribution in [3.05, 3.63) is 28.8 Å². The van der Waals surface area contributed by atoms with Crippen molar-refractivity contribution in [3.8, 4) is 5.75 Å². The third-order valence-electron chi connectivity index (χ3n) is 3.38. The van der Waals surface area contributed by atoms with E-state index in [1.165, 1.54) is 0 Å². The predicted molar refractivity (Wildman–Crippen MR) is 89.4 cm³/mol. The van der Waals surface area contributed by atoms with Crippen LogP contribution in [0.4, 0.5) is 0 Å². The Bertz CT molecular complexity index is 487. The average Bonchev–Trinajstić information content (AvgIpc) is 2.45. The zero-order chi connectivity index (χ0) is 16.6. The lowest BCUT2D eigenvalue weighted by atomic mass is 9.83. The van der Waals surface area contributed by atoms with Gasteiger partial charge in [0.2, 0.25) is 0 Å². The minimum atomic E-state index is -0.0258. The molecule has 1 rings (SSSR count). The number of halogens is 1. The molecule has 0 fully saturated rings. The molecule has 22 heavy (non-hydrogen) atoms. The molecule has 124 valence electrons. The van der Waals surface area contributed by atoms with E-state index in [0.29, 0.717) is 24.0 Å². The van der Waals surface area contributed by atoms with Crippen LogP contribution in [0.25, 0.3) is 0 Å². The highest BCUT2D eigenvalue weighted by atomic mass is 35.5. The Morgan fingerprint density at radius 3 is 2.59 bits per heavy atom. The Balaban J connectivity index is 2.78. The van der Waals surface area contributed by atoms with Crippen molar-refractivity contribution in [2.75, 3.05) is 20.3 Å². The third kappa shape index (κ3) is 6.20. The van der Waals surface area contributed by atoms with Gasteiger partial charge in [0.05, 0.1) is 17.7 Å². The Hall–Kier alpha value is -1.33. The molecule has 0 amide bonds. The summed E-state index contributed by atoms with van der Waals surface area (Å²) < 4.78 is 10.7. The van der Waals surface area contributed by atoms with Gasteiger partial charge in [-0.25, -0.2) is 0 Å². The summed E-state index contributed by atoms with van der Waals surface area (Å²) in [6, 6.07) is 5.79. The maximum atomic E-state index is 6.18. The van der Waals surface area contributed by atoms with E-state index in [9.17, 15) is 0 Å². The molecule has 0 radical (unpaired) electrons. The Kier molecular flexibility index (Phi) is 7.62. The highest BCUT2D eigenvalue weighted by molar-refractivity contribution is 6.32. The molecule has 0 spiro atoms. The number of rotatable bonds is 8. The van der Waals surface area contributed by atoms with Crippen molar-refractivity contribution in [2.24, 2.45) is 21.6 Å². The second-order valence-corrected chi connectivity index (χ2v) is 6.68. The van der Waals surface area contributed by atoms with E-state index in [0.717, 1.165) is 18.4 Å². The maximum absolute atomic E-state index is 6.18. The fraction of sp³-hybridized carbons (Fsp3) is 0.625. The quantitative estimate of drug-likeness (QED) is 0.339. The summed E-state index contributed by atoms with van der Waals surface area (Å²) in [6.45, 7) is 7.59. The van der Waals surface area contributed by atoms with Gasteiger partial charge in [0, 0.05) is 20.1 Å². The van der Waals surface area contributed by atoms with Crippen LogP contribution in [-0.2, 0) is 11.2 Å². The van der Waals surface area contributed by atoms with Crippen LogP contribution in [0.3, 0.4) is 0 Å². The van der Waals surface area contributed by atoms with Crippen LogP contribution in [0, 0.1) is 5.41 Å². The van der Waals surface area contributed by atoms with Crippen LogP contribution in [0.2, 0.25) is 5.02 Å². The lowest BCUT2D eigenvalue weighted by molar-refractivity contribution is 0.172. The summed E-state index contributed by atoms with van der Waals surface area (Å²) in [7, 11) is 1.67. The summed E-state index contributed by atoms with van der Waals surface area (Å²) in [5.74, 6) is 5.92. The summed E-state index contributed by atoms with van der Waals surface area (Å²) in [6.07, 6.45) is 1.55. The van der Waals surface area contributed by atoms with Crippen molar-refractivity contribution in [3.63, 3.8) is 0 Å². The number of hydrogen-bond acceptors (Lipinski definition) is 4. The van der Waals surface area contributed by atoms with Crippen LogP contribution >= 0.6 is 11.6 Å². The lowest BCUT2D eigenvalue weighted by Crippen LogP contribution is -2.26. The van der Waals surface area contributed by atoms with E-state index in [1.54, 1.807) is 7.11 Å². The summed E-state index contributed by atoms with van der Waals surface area (Å²) >= 11 is 6.18. The molecule has 0 aliphatic heterocycles. The monoisotopic (exact) mass is 327 g/mol. The molecule has 0 aliphatic carbocycles. The first kappa shape index (κ1) is 18.7. The van der Waals surface area contributed by atoms with Crippen LogP contribution in [0.5, 0.6) is 5.75 Å². The van der Waals surface area contributed by atoms with Gasteiger partial charge in [0.1, 0.15) is 5.75 Å². The van der Waals surface area contributed by atoms with Crippen molar-refractivity contribution < 1.29 is 9.47 Å². The second-order valence-electron chi connectivity index (χ2n) is 6.28. The average molecular weight is 328 g/mol. The van der Waals surface area contributed by atoms with Crippen LogP contribution in [0.1, 0.15) is 32.8 Å². The smallest absolute Gasteiger partial charge is 0.138 e. The first-order valence-electron chi connectivity index (χ1n) is 7.38. The number of benzene rings is 1. The van der Waals surface area contributed by atoms with Crippen LogP contribution in [-0.4, -0.2) is 26.4 Å². The lowest BCUT2D eigenvalue weighted by Gasteiger charge is -2.26. The molecule has 0 aliphatic rings. The van der Waals surface area contributed by atoms with Crippen LogP contribution in [0.15, 0.2) is 28.5 Å². The number of nitrogens with zero attached hydrogens (tertiary/aromatic N) is 2. The summed E-state index contributed by atoms with van der Waals surface area (Å²) in [5.41, 5.74) is 1.07. The fourth-order valence-corrected chi connectivity index (χ4v) is 2.17. The van der Waals surface area contributed by atoms with E-state index < -0.39 is 0 Å². The zero-order valence-corrected chi connectivity index (χ0v) is 14.6.